The summed E-state index contributed by atoms with van der Waals surface area (Å²) in [5.41, 5.74) is 7.80. The number of amides is 3. The number of nitrogens with zero attached hydrogens (tertiary/aromatic N) is 1. The van der Waals surface area contributed by atoms with Gasteiger partial charge in [-0.25, -0.2) is 0 Å². The molecule has 3 N–H and O–H groups in total. The average molecular weight is 367 g/mol. The number of benzene rings is 2. The van der Waals surface area contributed by atoms with E-state index in [4.69, 9.17) is 5.73 Å². The van der Waals surface area contributed by atoms with Crippen LogP contribution in [0.3, 0.4) is 0 Å². The fraction of sp³-hybridized carbons (Fsp3) is 0.286. The molecular weight excluding hydrogens is 342 g/mol. The van der Waals surface area contributed by atoms with Gasteiger partial charge in [0.25, 0.3) is 11.8 Å². The van der Waals surface area contributed by atoms with Crippen LogP contribution in [0.4, 0.5) is 0 Å². The van der Waals surface area contributed by atoms with E-state index in [1.165, 1.54) is 4.90 Å². The third-order valence-corrected chi connectivity index (χ3v) is 4.41. The van der Waals surface area contributed by atoms with Gasteiger partial charge >= 0.3 is 0 Å². The first-order valence-electron chi connectivity index (χ1n) is 8.88. The van der Waals surface area contributed by atoms with Crippen LogP contribution in [0.25, 0.3) is 11.1 Å². The van der Waals surface area contributed by atoms with Gasteiger partial charge in [0.2, 0.25) is 5.91 Å². The topological polar surface area (TPSA) is 92.5 Å². The van der Waals surface area contributed by atoms with E-state index in [0.717, 1.165) is 11.1 Å². The summed E-state index contributed by atoms with van der Waals surface area (Å²) < 4.78 is 0. The number of nitrogens with two attached hydrogens (primary N) is 1. The largest absolute Gasteiger partial charge is 0.370 e. The van der Waals surface area contributed by atoms with Crippen molar-refractivity contribution in [1.29, 1.82) is 0 Å². The Balaban J connectivity index is 2.35. The minimum Gasteiger partial charge on any atom is -0.370 e. The van der Waals surface area contributed by atoms with Crippen LogP contribution in [0, 0.1) is 0 Å². The number of carbonyl (C=O) groups excluding carboxylic acids is 3. The molecular formula is C21H25N3O3. The fourth-order valence-corrected chi connectivity index (χ4v) is 2.84. The molecule has 0 aliphatic rings. The number of hydrogen-bond donors (Lipinski definition) is 2. The molecule has 27 heavy (non-hydrogen) atoms. The highest BCUT2D eigenvalue weighted by Crippen LogP contribution is 2.25. The summed E-state index contributed by atoms with van der Waals surface area (Å²) in [7, 11) is 1.64. The van der Waals surface area contributed by atoms with Crippen molar-refractivity contribution in [3.8, 4) is 11.1 Å². The minimum atomic E-state index is -0.452. The van der Waals surface area contributed by atoms with E-state index in [1.807, 2.05) is 31.2 Å². The second kappa shape index (κ2) is 8.98. The first-order valence-corrected chi connectivity index (χ1v) is 8.88. The summed E-state index contributed by atoms with van der Waals surface area (Å²) in [6, 6.07) is 14.1. The Hall–Kier alpha value is -3.15. The first-order chi connectivity index (χ1) is 12.8. The molecule has 1 unspecified atom stereocenters. The van der Waals surface area contributed by atoms with Gasteiger partial charge in [-0.15, -0.1) is 0 Å². The van der Waals surface area contributed by atoms with Crippen molar-refractivity contribution in [2.45, 2.75) is 26.3 Å². The van der Waals surface area contributed by atoms with Gasteiger partial charge in [-0.3, -0.25) is 14.4 Å². The van der Waals surface area contributed by atoms with Gasteiger partial charge in [0.1, 0.15) is 0 Å². The lowest BCUT2D eigenvalue weighted by Crippen LogP contribution is -2.37. The lowest BCUT2D eigenvalue weighted by Gasteiger charge is -2.24. The van der Waals surface area contributed by atoms with Crippen LogP contribution < -0.4 is 11.1 Å². The summed E-state index contributed by atoms with van der Waals surface area (Å²) >= 11 is 0. The number of rotatable bonds is 7. The Morgan fingerprint density at radius 1 is 1.11 bits per heavy atom. The Morgan fingerprint density at radius 3 is 2.48 bits per heavy atom. The van der Waals surface area contributed by atoms with Crippen LogP contribution in [-0.2, 0) is 4.79 Å². The number of primary amides is 1. The molecule has 0 spiro atoms. The second-order valence-corrected chi connectivity index (χ2v) is 6.42. The standard InChI is InChI=1S/C21H25N3O3/c1-4-23-20(26)18-11-6-5-10-17(18)15-8-7-9-16(13-15)21(27)24(3)14(2)12-19(22)25/h5-11,13-14H,4,12H2,1-3H3,(H2,22,25)(H,23,26). The molecule has 2 aromatic carbocycles. The predicted molar refractivity (Wildman–Crippen MR) is 105 cm³/mol. The molecule has 0 saturated heterocycles. The van der Waals surface area contributed by atoms with Crippen LogP contribution >= 0.6 is 0 Å². The van der Waals surface area contributed by atoms with Gasteiger partial charge in [0.05, 0.1) is 0 Å². The molecule has 2 rings (SSSR count). The summed E-state index contributed by atoms with van der Waals surface area (Å²) in [5, 5.41) is 2.80. The van der Waals surface area contributed by atoms with Gasteiger partial charge < -0.3 is 16.0 Å². The summed E-state index contributed by atoms with van der Waals surface area (Å²) in [6.07, 6.45) is 0.0992. The first kappa shape index (κ1) is 20.2. The highest BCUT2D eigenvalue weighted by Gasteiger charge is 2.20. The van der Waals surface area contributed by atoms with Crippen molar-refractivity contribution < 1.29 is 14.4 Å². The minimum absolute atomic E-state index is 0.0992. The van der Waals surface area contributed by atoms with E-state index in [2.05, 4.69) is 5.32 Å². The SMILES string of the molecule is CCNC(=O)c1ccccc1-c1cccc(C(=O)N(C)C(C)CC(N)=O)c1. The summed E-state index contributed by atoms with van der Waals surface area (Å²) in [5.74, 6) is -0.815. The van der Waals surface area contributed by atoms with Gasteiger partial charge in [-0.05, 0) is 43.2 Å². The zero-order valence-corrected chi connectivity index (χ0v) is 15.9. The summed E-state index contributed by atoms with van der Waals surface area (Å²) in [6.45, 7) is 4.17. The van der Waals surface area contributed by atoms with Crippen LogP contribution in [0.15, 0.2) is 48.5 Å². The van der Waals surface area contributed by atoms with Gasteiger partial charge in [-0.1, -0.05) is 30.3 Å². The molecule has 0 bridgehead atoms. The van der Waals surface area contributed by atoms with Crippen molar-refractivity contribution >= 4 is 17.7 Å². The number of carbonyl (C=O) groups is 3. The lowest BCUT2D eigenvalue weighted by molar-refractivity contribution is -0.118. The van der Waals surface area contributed by atoms with Gasteiger partial charge in [-0.2, -0.15) is 0 Å². The quantitative estimate of drug-likeness (QED) is 0.787. The van der Waals surface area contributed by atoms with Crippen molar-refractivity contribution in [3.63, 3.8) is 0 Å². The molecule has 1 atom stereocenters. The van der Waals surface area contributed by atoms with E-state index in [1.54, 1.807) is 38.2 Å². The molecule has 0 heterocycles. The molecule has 6 heteroatoms. The molecule has 0 radical (unpaired) electrons. The molecule has 142 valence electrons. The van der Waals surface area contributed by atoms with Crippen molar-refractivity contribution in [2.75, 3.05) is 13.6 Å². The van der Waals surface area contributed by atoms with Crippen LogP contribution in [0.5, 0.6) is 0 Å². The predicted octanol–water partition coefficient (Wildman–Crippen LogP) is 2.44. The highest BCUT2D eigenvalue weighted by molar-refractivity contribution is 6.02. The smallest absolute Gasteiger partial charge is 0.253 e. The van der Waals surface area contributed by atoms with E-state index < -0.39 is 5.91 Å². The van der Waals surface area contributed by atoms with Crippen LogP contribution in [0.2, 0.25) is 0 Å². The van der Waals surface area contributed by atoms with E-state index >= 15 is 0 Å². The molecule has 2 aromatic rings. The molecule has 0 aliphatic carbocycles. The molecule has 3 amide bonds. The number of hydrogen-bond acceptors (Lipinski definition) is 3. The van der Waals surface area contributed by atoms with E-state index in [9.17, 15) is 14.4 Å². The Bertz CT molecular complexity index is 848. The second-order valence-electron chi connectivity index (χ2n) is 6.42. The van der Waals surface area contributed by atoms with E-state index in [0.29, 0.717) is 17.7 Å². The fourth-order valence-electron chi connectivity index (χ4n) is 2.84. The van der Waals surface area contributed by atoms with Gasteiger partial charge in [0, 0.05) is 37.2 Å². The summed E-state index contributed by atoms with van der Waals surface area (Å²) in [4.78, 5) is 37.7. The lowest BCUT2D eigenvalue weighted by atomic mass is 9.97. The maximum Gasteiger partial charge on any atom is 0.253 e. The third kappa shape index (κ3) is 4.94. The molecule has 0 aromatic heterocycles. The van der Waals surface area contributed by atoms with Crippen molar-refractivity contribution in [2.24, 2.45) is 5.73 Å². The monoisotopic (exact) mass is 367 g/mol. The Morgan fingerprint density at radius 2 is 1.81 bits per heavy atom. The molecule has 6 nitrogen and oxygen atoms in total. The molecule has 0 aliphatic heterocycles. The normalized spacial score (nSPS) is 11.5. The molecule has 0 fully saturated rings. The van der Waals surface area contributed by atoms with Crippen LogP contribution in [-0.4, -0.2) is 42.3 Å². The molecule has 0 saturated carbocycles. The van der Waals surface area contributed by atoms with Crippen molar-refractivity contribution in [3.05, 3.63) is 59.7 Å². The zero-order chi connectivity index (χ0) is 20.0. The maximum atomic E-state index is 12.8. The average Bonchev–Trinajstić information content (AvgIpc) is 2.66. The number of nitrogens with one attached hydrogen (secondary N) is 1. The maximum absolute atomic E-state index is 12.8. The highest BCUT2D eigenvalue weighted by atomic mass is 16.2. The zero-order valence-electron chi connectivity index (χ0n) is 15.9. The Kier molecular flexibility index (Phi) is 6.71. The van der Waals surface area contributed by atoms with Crippen molar-refractivity contribution in [1.82, 2.24) is 10.2 Å². The Labute approximate surface area is 159 Å². The van der Waals surface area contributed by atoms with Gasteiger partial charge in [0.15, 0.2) is 0 Å². The van der Waals surface area contributed by atoms with E-state index in [-0.39, 0.29) is 24.3 Å². The third-order valence-electron chi connectivity index (χ3n) is 4.41. The van der Waals surface area contributed by atoms with Crippen LogP contribution in [0.1, 0.15) is 41.0 Å².